The van der Waals surface area contributed by atoms with E-state index in [1.54, 1.807) is 4.90 Å². The second kappa shape index (κ2) is 11.3. The van der Waals surface area contributed by atoms with E-state index in [1.165, 1.54) is 0 Å². The molecule has 1 aromatic heterocycles. The predicted octanol–water partition coefficient (Wildman–Crippen LogP) is 3.49. The van der Waals surface area contributed by atoms with E-state index in [2.05, 4.69) is 21.3 Å². The lowest BCUT2D eigenvalue weighted by atomic mass is 9.94. The van der Waals surface area contributed by atoms with Gasteiger partial charge in [0.15, 0.2) is 0 Å². The summed E-state index contributed by atoms with van der Waals surface area (Å²) in [6.45, 7) is 4.21. The first-order valence-electron chi connectivity index (χ1n) is 12.1. The summed E-state index contributed by atoms with van der Waals surface area (Å²) in [7, 11) is 1.94. The third-order valence-corrected chi connectivity index (χ3v) is 6.95. The van der Waals surface area contributed by atoms with Gasteiger partial charge in [0.25, 0.3) is 0 Å². The summed E-state index contributed by atoms with van der Waals surface area (Å²) >= 11 is 0. The molecular formula is C26H35N5O2. The van der Waals surface area contributed by atoms with E-state index in [9.17, 15) is 9.59 Å². The van der Waals surface area contributed by atoms with E-state index >= 15 is 0 Å². The van der Waals surface area contributed by atoms with Crippen LogP contribution in [0, 0.1) is 5.92 Å². The van der Waals surface area contributed by atoms with Gasteiger partial charge in [-0.15, -0.1) is 0 Å². The summed E-state index contributed by atoms with van der Waals surface area (Å²) in [5.74, 6) is 0.0617. The molecule has 1 N–H and O–H groups in total. The number of para-hydroxylation sites is 1. The first kappa shape index (κ1) is 23.2. The highest BCUT2D eigenvalue weighted by Gasteiger charge is 2.33. The maximum atomic E-state index is 13.3. The first-order valence-corrected chi connectivity index (χ1v) is 12.1. The van der Waals surface area contributed by atoms with Crippen molar-refractivity contribution < 1.29 is 9.59 Å². The van der Waals surface area contributed by atoms with Gasteiger partial charge in [0.2, 0.25) is 5.91 Å². The van der Waals surface area contributed by atoms with Crippen LogP contribution in [-0.2, 0) is 11.2 Å². The lowest BCUT2D eigenvalue weighted by Gasteiger charge is -2.39. The molecule has 2 aromatic rings. The average molecular weight is 450 g/mol. The number of rotatable bonds is 6. The molecule has 2 aliphatic heterocycles. The zero-order valence-electron chi connectivity index (χ0n) is 19.5. The minimum atomic E-state index is -0.123. The van der Waals surface area contributed by atoms with Crippen LogP contribution in [0.25, 0.3) is 0 Å². The fourth-order valence-electron chi connectivity index (χ4n) is 4.90. The Morgan fingerprint density at radius 1 is 1.03 bits per heavy atom. The van der Waals surface area contributed by atoms with Crippen molar-refractivity contribution in [2.45, 2.75) is 38.1 Å². The van der Waals surface area contributed by atoms with Crippen LogP contribution in [0.4, 0.5) is 10.5 Å². The standard InChI is InChI=1S/C26H35N5O2/c1-29(24-13-18-30(19-14-24)17-12-22-9-5-6-15-27-22)25(32)21-8-7-16-31(20-21)26(33)28-23-10-3-2-4-11-23/h2-6,9-11,15,21,24H,7-8,12-14,16-20H2,1H3,(H,28,33). The van der Waals surface area contributed by atoms with Crippen LogP contribution >= 0.6 is 0 Å². The number of nitrogens with one attached hydrogen (secondary N) is 1. The Kier molecular flexibility index (Phi) is 7.94. The number of amides is 3. The van der Waals surface area contributed by atoms with Gasteiger partial charge in [0, 0.05) is 69.8 Å². The number of likely N-dealkylation sites (tertiary alicyclic amines) is 2. The molecule has 0 aliphatic carbocycles. The molecule has 7 nitrogen and oxygen atoms in total. The van der Waals surface area contributed by atoms with Gasteiger partial charge in [0.1, 0.15) is 0 Å². The maximum Gasteiger partial charge on any atom is 0.321 e. The smallest absolute Gasteiger partial charge is 0.321 e. The van der Waals surface area contributed by atoms with E-state index < -0.39 is 0 Å². The minimum absolute atomic E-state index is 0.118. The van der Waals surface area contributed by atoms with Crippen LogP contribution in [-0.4, -0.2) is 77.4 Å². The van der Waals surface area contributed by atoms with Crippen molar-refractivity contribution in [2.75, 3.05) is 45.1 Å². The molecule has 0 spiro atoms. The quantitative estimate of drug-likeness (QED) is 0.733. The Hall–Kier alpha value is -2.93. The second-order valence-electron chi connectivity index (χ2n) is 9.17. The van der Waals surface area contributed by atoms with Crippen molar-refractivity contribution >= 4 is 17.6 Å². The van der Waals surface area contributed by atoms with Gasteiger partial charge in [-0.3, -0.25) is 9.78 Å². The number of hydrogen-bond acceptors (Lipinski definition) is 4. The molecule has 1 atom stereocenters. The fraction of sp³-hybridized carbons (Fsp3) is 0.500. The van der Waals surface area contributed by atoms with Crippen molar-refractivity contribution in [3.63, 3.8) is 0 Å². The van der Waals surface area contributed by atoms with Gasteiger partial charge in [-0.05, 0) is 49.9 Å². The molecule has 7 heteroatoms. The minimum Gasteiger partial charge on any atom is -0.342 e. The molecule has 0 saturated carbocycles. The topological polar surface area (TPSA) is 68.8 Å². The number of pyridine rings is 1. The number of nitrogens with zero attached hydrogens (tertiary/aromatic N) is 4. The number of urea groups is 1. The lowest BCUT2D eigenvalue weighted by Crippen LogP contribution is -2.51. The van der Waals surface area contributed by atoms with Crippen molar-refractivity contribution in [3.05, 3.63) is 60.4 Å². The Bertz CT molecular complexity index is 899. The maximum absolute atomic E-state index is 13.3. The Balaban J connectivity index is 1.23. The van der Waals surface area contributed by atoms with E-state index in [1.807, 2.05) is 60.6 Å². The van der Waals surface area contributed by atoms with Crippen LogP contribution in [0.2, 0.25) is 0 Å². The Morgan fingerprint density at radius 3 is 2.52 bits per heavy atom. The molecular weight excluding hydrogens is 414 g/mol. The summed E-state index contributed by atoms with van der Waals surface area (Å²) in [4.78, 5) is 36.6. The Morgan fingerprint density at radius 2 is 1.79 bits per heavy atom. The third kappa shape index (κ3) is 6.32. The Labute approximate surface area is 196 Å². The molecule has 0 bridgehead atoms. The second-order valence-corrected chi connectivity index (χ2v) is 9.17. The number of aromatic nitrogens is 1. The molecule has 1 aromatic carbocycles. The van der Waals surface area contributed by atoms with Crippen molar-refractivity contribution in [1.29, 1.82) is 0 Å². The van der Waals surface area contributed by atoms with Crippen molar-refractivity contribution in [1.82, 2.24) is 19.7 Å². The van der Waals surface area contributed by atoms with E-state index in [0.29, 0.717) is 13.1 Å². The first-order chi connectivity index (χ1) is 16.1. The van der Waals surface area contributed by atoms with E-state index in [0.717, 1.165) is 63.1 Å². The fourth-order valence-corrected chi connectivity index (χ4v) is 4.90. The third-order valence-electron chi connectivity index (χ3n) is 6.95. The largest absolute Gasteiger partial charge is 0.342 e. The average Bonchev–Trinajstić information content (AvgIpc) is 2.88. The molecule has 2 fully saturated rings. The number of carbonyl (C=O) groups excluding carboxylic acids is 2. The number of hydrogen-bond donors (Lipinski definition) is 1. The van der Waals surface area contributed by atoms with Gasteiger partial charge in [0.05, 0.1) is 5.92 Å². The molecule has 1 unspecified atom stereocenters. The van der Waals surface area contributed by atoms with Crippen LogP contribution in [0.5, 0.6) is 0 Å². The summed E-state index contributed by atoms with van der Waals surface area (Å²) in [6.07, 6.45) is 6.51. The molecule has 0 radical (unpaired) electrons. The van der Waals surface area contributed by atoms with Crippen LogP contribution < -0.4 is 5.32 Å². The molecule has 176 valence electrons. The van der Waals surface area contributed by atoms with Crippen LogP contribution in [0.15, 0.2) is 54.7 Å². The van der Waals surface area contributed by atoms with Gasteiger partial charge in [-0.25, -0.2) is 4.79 Å². The molecule has 3 heterocycles. The van der Waals surface area contributed by atoms with Gasteiger partial charge in [-0.1, -0.05) is 24.3 Å². The molecule has 33 heavy (non-hydrogen) atoms. The number of benzene rings is 1. The van der Waals surface area contributed by atoms with Crippen molar-refractivity contribution in [2.24, 2.45) is 5.92 Å². The highest BCUT2D eigenvalue weighted by molar-refractivity contribution is 5.90. The number of carbonyl (C=O) groups is 2. The van der Waals surface area contributed by atoms with Crippen LogP contribution in [0.1, 0.15) is 31.4 Å². The molecule has 3 amide bonds. The zero-order chi connectivity index (χ0) is 23.0. The summed E-state index contributed by atoms with van der Waals surface area (Å²) in [5.41, 5.74) is 1.91. The molecule has 2 saturated heterocycles. The SMILES string of the molecule is CN(C(=O)C1CCCN(C(=O)Nc2ccccc2)C1)C1CCN(CCc2ccccn2)CC1. The van der Waals surface area contributed by atoms with Gasteiger partial charge >= 0.3 is 6.03 Å². The van der Waals surface area contributed by atoms with E-state index in [4.69, 9.17) is 0 Å². The molecule has 4 rings (SSSR count). The summed E-state index contributed by atoms with van der Waals surface area (Å²) in [5, 5.41) is 2.94. The number of piperidine rings is 2. The monoisotopic (exact) mass is 449 g/mol. The normalized spacial score (nSPS) is 19.8. The van der Waals surface area contributed by atoms with Gasteiger partial charge in [-0.2, -0.15) is 0 Å². The zero-order valence-corrected chi connectivity index (χ0v) is 19.5. The van der Waals surface area contributed by atoms with Gasteiger partial charge < -0.3 is 20.0 Å². The van der Waals surface area contributed by atoms with Crippen molar-refractivity contribution in [3.8, 4) is 0 Å². The highest BCUT2D eigenvalue weighted by atomic mass is 16.2. The highest BCUT2D eigenvalue weighted by Crippen LogP contribution is 2.23. The number of anilines is 1. The summed E-state index contributed by atoms with van der Waals surface area (Å²) < 4.78 is 0. The predicted molar refractivity (Wildman–Crippen MR) is 130 cm³/mol. The van der Waals surface area contributed by atoms with Crippen LogP contribution in [0.3, 0.4) is 0 Å². The van der Waals surface area contributed by atoms with E-state index in [-0.39, 0.29) is 23.9 Å². The summed E-state index contributed by atoms with van der Waals surface area (Å²) in [6, 6.07) is 15.7. The molecule has 2 aliphatic rings. The lowest BCUT2D eigenvalue weighted by molar-refractivity contribution is -0.138.